The van der Waals surface area contributed by atoms with E-state index in [0.717, 1.165) is 6.54 Å². The molecule has 1 aromatic heterocycles. The number of hydrogen-bond acceptors (Lipinski definition) is 3. The highest BCUT2D eigenvalue weighted by molar-refractivity contribution is 5.08. The van der Waals surface area contributed by atoms with Crippen molar-refractivity contribution in [3.8, 4) is 0 Å². The summed E-state index contributed by atoms with van der Waals surface area (Å²) >= 11 is 0. The van der Waals surface area contributed by atoms with Gasteiger partial charge in [-0.3, -0.25) is 4.68 Å². The Morgan fingerprint density at radius 2 is 2.12 bits per heavy atom. The number of nitrogens with zero attached hydrogens (tertiary/aromatic N) is 3. The molecule has 4 nitrogen and oxygen atoms in total. The molecule has 1 unspecified atom stereocenters. The van der Waals surface area contributed by atoms with Gasteiger partial charge in [0.25, 0.3) is 0 Å². The molecule has 96 valence electrons. The van der Waals surface area contributed by atoms with Gasteiger partial charge in [0.05, 0.1) is 6.20 Å². The number of hydrogen-bond donors (Lipinski definition) is 1. The molecule has 0 aliphatic carbocycles. The lowest BCUT2D eigenvalue weighted by molar-refractivity contribution is 0.227. The van der Waals surface area contributed by atoms with E-state index in [1.807, 2.05) is 17.9 Å². The second kappa shape index (κ2) is 6.17. The van der Waals surface area contributed by atoms with Gasteiger partial charge in [0.2, 0.25) is 0 Å². The SMILES string of the molecule is CC(NCCN1CCCCC1)c1cnn(C)c1. The number of nitrogens with one attached hydrogen (secondary N) is 1. The zero-order valence-corrected chi connectivity index (χ0v) is 11.0. The van der Waals surface area contributed by atoms with Crippen LogP contribution in [0.2, 0.25) is 0 Å². The minimum Gasteiger partial charge on any atom is -0.309 e. The highest BCUT2D eigenvalue weighted by Gasteiger charge is 2.10. The predicted molar refractivity (Wildman–Crippen MR) is 69.9 cm³/mol. The summed E-state index contributed by atoms with van der Waals surface area (Å²) in [6.07, 6.45) is 8.18. The number of likely N-dealkylation sites (tertiary alicyclic amines) is 1. The molecule has 1 aliphatic heterocycles. The van der Waals surface area contributed by atoms with Crippen LogP contribution in [0, 0.1) is 0 Å². The Balaban J connectivity index is 1.67. The van der Waals surface area contributed by atoms with Crippen LogP contribution in [0.25, 0.3) is 0 Å². The molecule has 2 heterocycles. The summed E-state index contributed by atoms with van der Waals surface area (Å²) in [5.74, 6) is 0. The van der Waals surface area contributed by atoms with Gasteiger partial charge in [0, 0.05) is 37.9 Å². The fourth-order valence-corrected chi connectivity index (χ4v) is 2.40. The molecular formula is C13H24N4. The van der Waals surface area contributed by atoms with Crippen molar-refractivity contribution in [2.75, 3.05) is 26.2 Å². The molecule has 2 rings (SSSR count). The van der Waals surface area contributed by atoms with Crippen LogP contribution in [-0.2, 0) is 7.05 Å². The molecule has 1 fully saturated rings. The van der Waals surface area contributed by atoms with Crippen LogP contribution in [0.5, 0.6) is 0 Å². The zero-order valence-electron chi connectivity index (χ0n) is 11.0. The van der Waals surface area contributed by atoms with Gasteiger partial charge in [-0.25, -0.2) is 0 Å². The van der Waals surface area contributed by atoms with E-state index in [4.69, 9.17) is 0 Å². The predicted octanol–water partition coefficient (Wildman–Crippen LogP) is 1.56. The topological polar surface area (TPSA) is 33.1 Å². The summed E-state index contributed by atoms with van der Waals surface area (Å²) in [6.45, 7) is 7.00. The molecule has 1 aromatic rings. The molecule has 4 heteroatoms. The first-order valence-electron chi connectivity index (χ1n) is 6.70. The monoisotopic (exact) mass is 236 g/mol. The van der Waals surface area contributed by atoms with Crippen LogP contribution in [0.1, 0.15) is 37.8 Å². The fourth-order valence-electron chi connectivity index (χ4n) is 2.40. The van der Waals surface area contributed by atoms with E-state index >= 15 is 0 Å². The van der Waals surface area contributed by atoms with E-state index in [1.54, 1.807) is 0 Å². The van der Waals surface area contributed by atoms with E-state index in [-0.39, 0.29) is 0 Å². The molecule has 1 atom stereocenters. The van der Waals surface area contributed by atoms with E-state index in [2.05, 4.69) is 28.4 Å². The molecule has 0 spiro atoms. The molecule has 0 bridgehead atoms. The van der Waals surface area contributed by atoms with Crippen LogP contribution in [-0.4, -0.2) is 40.9 Å². The summed E-state index contributed by atoms with van der Waals surface area (Å²) in [5.41, 5.74) is 1.27. The number of piperidine rings is 1. The van der Waals surface area contributed by atoms with Gasteiger partial charge in [-0.05, 0) is 32.9 Å². The Bertz CT molecular complexity index is 328. The summed E-state index contributed by atoms with van der Waals surface area (Å²) in [6, 6.07) is 0.397. The minimum absolute atomic E-state index is 0.397. The maximum atomic E-state index is 4.20. The van der Waals surface area contributed by atoms with Crippen molar-refractivity contribution in [1.82, 2.24) is 20.0 Å². The van der Waals surface area contributed by atoms with Gasteiger partial charge in [-0.15, -0.1) is 0 Å². The first kappa shape index (κ1) is 12.6. The normalized spacial score (nSPS) is 19.4. The molecule has 0 aromatic carbocycles. The lowest BCUT2D eigenvalue weighted by Gasteiger charge is -2.27. The average Bonchev–Trinajstić information content (AvgIpc) is 2.77. The third kappa shape index (κ3) is 3.82. The Kier molecular flexibility index (Phi) is 4.57. The van der Waals surface area contributed by atoms with Crippen LogP contribution in [0.4, 0.5) is 0 Å². The molecule has 0 radical (unpaired) electrons. The number of aromatic nitrogens is 2. The zero-order chi connectivity index (χ0) is 12.1. The lowest BCUT2D eigenvalue weighted by atomic mass is 10.1. The second-order valence-corrected chi connectivity index (χ2v) is 5.03. The van der Waals surface area contributed by atoms with E-state index in [1.165, 1.54) is 44.5 Å². The largest absolute Gasteiger partial charge is 0.309 e. The number of aryl methyl sites for hydroxylation is 1. The van der Waals surface area contributed by atoms with Crippen LogP contribution >= 0.6 is 0 Å². The van der Waals surface area contributed by atoms with Crippen molar-refractivity contribution in [1.29, 1.82) is 0 Å². The molecule has 0 saturated carbocycles. The van der Waals surface area contributed by atoms with Gasteiger partial charge in [0.15, 0.2) is 0 Å². The smallest absolute Gasteiger partial charge is 0.0537 e. The Hall–Kier alpha value is -0.870. The first-order valence-corrected chi connectivity index (χ1v) is 6.70. The van der Waals surface area contributed by atoms with Gasteiger partial charge < -0.3 is 10.2 Å². The van der Waals surface area contributed by atoms with Crippen LogP contribution in [0.3, 0.4) is 0 Å². The summed E-state index contributed by atoms with van der Waals surface area (Å²) in [4.78, 5) is 2.56. The third-order valence-electron chi connectivity index (χ3n) is 3.55. The maximum absolute atomic E-state index is 4.20. The Labute approximate surface area is 104 Å². The number of rotatable bonds is 5. The van der Waals surface area contributed by atoms with E-state index in [9.17, 15) is 0 Å². The molecule has 0 amide bonds. The summed E-state index contributed by atoms with van der Waals surface area (Å²) in [5, 5.41) is 7.77. The van der Waals surface area contributed by atoms with Crippen LogP contribution < -0.4 is 5.32 Å². The molecule has 1 aliphatic rings. The van der Waals surface area contributed by atoms with Crippen molar-refractivity contribution in [2.45, 2.75) is 32.2 Å². The second-order valence-electron chi connectivity index (χ2n) is 5.03. The average molecular weight is 236 g/mol. The quantitative estimate of drug-likeness (QED) is 0.842. The van der Waals surface area contributed by atoms with Crippen molar-refractivity contribution in [2.24, 2.45) is 7.05 Å². The highest BCUT2D eigenvalue weighted by Crippen LogP contribution is 2.10. The standard InChI is InChI=1S/C13H24N4/c1-12(13-10-15-16(2)11-13)14-6-9-17-7-4-3-5-8-17/h10-12,14H,3-9H2,1-2H3. The van der Waals surface area contributed by atoms with Gasteiger partial charge in [-0.2, -0.15) is 5.10 Å². The fraction of sp³-hybridized carbons (Fsp3) is 0.769. The van der Waals surface area contributed by atoms with Crippen molar-refractivity contribution < 1.29 is 0 Å². The Morgan fingerprint density at radius 1 is 1.35 bits per heavy atom. The maximum Gasteiger partial charge on any atom is 0.0537 e. The van der Waals surface area contributed by atoms with Crippen molar-refractivity contribution in [3.05, 3.63) is 18.0 Å². The Morgan fingerprint density at radius 3 is 2.76 bits per heavy atom. The molecule has 1 N–H and O–H groups in total. The molecule has 1 saturated heterocycles. The van der Waals surface area contributed by atoms with E-state index in [0.29, 0.717) is 6.04 Å². The van der Waals surface area contributed by atoms with Gasteiger partial charge in [0.1, 0.15) is 0 Å². The molecular weight excluding hydrogens is 212 g/mol. The molecule has 17 heavy (non-hydrogen) atoms. The van der Waals surface area contributed by atoms with Crippen molar-refractivity contribution >= 4 is 0 Å². The minimum atomic E-state index is 0.397. The van der Waals surface area contributed by atoms with Gasteiger partial charge >= 0.3 is 0 Å². The third-order valence-corrected chi connectivity index (χ3v) is 3.55. The van der Waals surface area contributed by atoms with E-state index < -0.39 is 0 Å². The summed E-state index contributed by atoms with van der Waals surface area (Å²) in [7, 11) is 1.96. The van der Waals surface area contributed by atoms with Crippen molar-refractivity contribution in [3.63, 3.8) is 0 Å². The lowest BCUT2D eigenvalue weighted by Crippen LogP contribution is -2.36. The van der Waals surface area contributed by atoms with Gasteiger partial charge in [-0.1, -0.05) is 6.42 Å². The summed E-state index contributed by atoms with van der Waals surface area (Å²) < 4.78 is 1.86. The van der Waals surface area contributed by atoms with Crippen LogP contribution in [0.15, 0.2) is 12.4 Å². The highest BCUT2D eigenvalue weighted by atomic mass is 15.2. The first-order chi connectivity index (χ1) is 8.25.